The van der Waals surface area contributed by atoms with Crippen LogP contribution in [0.25, 0.3) is 11.5 Å². The summed E-state index contributed by atoms with van der Waals surface area (Å²) in [5, 5.41) is 6.98. The van der Waals surface area contributed by atoms with Crippen molar-refractivity contribution in [2.75, 3.05) is 39.8 Å². The van der Waals surface area contributed by atoms with Crippen LogP contribution in [0.15, 0.2) is 53.1 Å². The van der Waals surface area contributed by atoms with Crippen molar-refractivity contribution in [2.45, 2.75) is 27.2 Å². The first kappa shape index (κ1) is 25.1. The van der Waals surface area contributed by atoms with Crippen LogP contribution in [0.3, 0.4) is 0 Å². The molecule has 0 aliphatic heterocycles. The maximum atomic E-state index is 12.5. The molecule has 0 aliphatic carbocycles. The Morgan fingerprint density at radius 3 is 2.24 bits per heavy atom. The molecule has 8 nitrogen and oxygen atoms in total. The number of benzene rings is 2. The number of nitrogens with one attached hydrogen (secondary N) is 1. The Balaban J connectivity index is 1.51. The summed E-state index contributed by atoms with van der Waals surface area (Å²) in [5.74, 6) is 0.758. The molecule has 0 saturated carbocycles. The Bertz CT molecular complexity index is 1070. The van der Waals surface area contributed by atoms with Crippen LogP contribution >= 0.6 is 0 Å². The fourth-order valence-electron chi connectivity index (χ4n) is 3.49. The maximum absolute atomic E-state index is 12.5. The van der Waals surface area contributed by atoms with E-state index in [0.717, 1.165) is 30.8 Å². The lowest BCUT2D eigenvalue weighted by Crippen LogP contribution is -2.34. The summed E-state index contributed by atoms with van der Waals surface area (Å²) in [6, 6.07) is 14.6. The smallest absolute Gasteiger partial charge is 0.257 e. The second kappa shape index (κ2) is 12.1. The number of aryl methyl sites for hydroxylation is 1. The van der Waals surface area contributed by atoms with Gasteiger partial charge in [0.1, 0.15) is 0 Å². The van der Waals surface area contributed by atoms with E-state index in [0.29, 0.717) is 42.4 Å². The molecule has 0 bridgehead atoms. The van der Waals surface area contributed by atoms with Crippen LogP contribution in [-0.4, -0.2) is 71.5 Å². The van der Waals surface area contributed by atoms with Crippen molar-refractivity contribution >= 4 is 11.8 Å². The molecule has 0 fully saturated rings. The van der Waals surface area contributed by atoms with Crippen molar-refractivity contribution < 1.29 is 14.1 Å². The van der Waals surface area contributed by atoms with Gasteiger partial charge in [-0.1, -0.05) is 36.7 Å². The molecule has 3 aromatic rings. The number of carbonyl (C=O) groups excluding carboxylic acids is 2. The van der Waals surface area contributed by atoms with E-state index in [9.17, 15) is 9.59 Å². The van der Waals surface area contributed by atoms with Gasteiger partial charge in [-0.3, -0.25) is 9.59 Å². The van der Waals surface area contributed by atoms with Gasteiger partial charge in [0, 0.05) is 49.8 Å². The van der Waals surface area contributed by atoms with Crippen molar-refractivity contribution in [1.29, 1.82) is 0 Å². The second-order valence-electron chi connectivity index (χ2n) is 8.22. The van der Waals surface area contributed by atoms with Crippen LogP contribution in [-0.2, 0) is 6.42 Å². The van der Waals surface area contributed by atoms with Gasteiger partial charge in [0.2, 0.25) is 0 Å². The Kier molecular flexibility index (Phi) is 8.93. The van der Waals surface area contributed by atoms with Gasteiger partial charge in [0.15, 0.2) is 5.82 Å². The third kappa shape index (κ3) is 6.74. The number of likely N-dealkylation sites (N-methyl/N-ethyl adjacent to an activating group) is 2. The highest BCUT2D eigenvalue weighted by Gasteiger charge is 2.15. The van der Waals surface area contributed by atoms with Crippen LogP contribution in [0, 0.1) is 6.92 Å². The number of aromatic nitrogens is 2. The number of rotatable bonds is 11. The molecule has 0 spiro atoms. The number of amides is 2. The standard InChI is InChI=1S/C26H33N5O3/c1-5-31(6-2)18-16-27-24(32)20-11-13-21(14-12-20)25-28-23(29-34-25)15-17-30(4)26(33)22-9-7-19(3)8-10-22/h7-14H,5-6,15-18H2,1-4H3,(H,27,32). The Hall–Kier alpha value is -3.52. The summed E-state index contributed by atoms with van der Waals surface area (Å²) in [4.78, 5) is 33.3. The third-order valence-electron chi connectivity index (χ3n) is 5.79. The highest BCUT2D eigenvalue weighted by molar-refractivity contribution is 5.94. The first-order valence-corrected chi connectivity index (χ1v) is 11.7. The van der Waals surface area contributed by atoms with E-state index >= 15 is 0 Å². The molecular formula is C26H33N5O3. The number of hydrogen-bond donors (Lipinski definition) is 1. The SMILES string of the molecule is CCN(CC)CCNC(=O)c1ccc(-c2nc(CCN(C)C(=O)c3ccc(C)cc3)no2)cc1. The number of carbonyl (C=O) groups is 2. The lowest BCUT2D eigenvalue weighted by molar-refractivity contribution is 0.0795. The fraction of sp³-hybridized carbons (Fsp3) is 0.385. The van der Waals surface area contributed by atoms with E-state index in [-0.39, 0.29) is 11.8 Å². The van der Waals surface area contributed by atoms with Crippen molar-refractivity contribution in [3.63, 3.8) is 0 Å². The Morgan fingerprint density at radius 1 is 0.941 bits per heavy atom. The Morgan fingerprint density at radius 2 is 1.59 bits per heavy atom. The first-order valence-electron chi connectivity index (χ1n) is 11.7. The summed E-state index contributed by atoms with van der Waals surface area (Å²) >= 11 is 0. The highest BCUT2D eigenvalue weighted by atomic mass is 16.5. The monoisotopic (exact) mass is 463 g/mol. The molecule has 2 aromatic carbocycles. The predicted molar refractivity (Wildman–Crippen MR) is 132 cm³/mol. The molecule has 0 aliphatic rings. The molecule has 0 atom stereocenters. The molecule has 180 valence electrons. The summed E-state index contributed by atoms with van der Waals surface area (Å²) in [7, 11) is 1.76. The van der Waals surface area contributed by atoms with Crippen molar-refractivity contribution in [2.24, 2.45) is 0 Å². The van der Waals surface area contributed by atoms with Gasteiger partial charge < -0.3 is 19.6 Å². The molecule has 0 radical (unpaired) electrons. The van der Waals surface area contributed by atoms with Gasteiger partial charge in [-0.25, -0.2) is 0 Å². The summed E-state index contributed by atoms with van der Waals surface area (Å²) < 4.78 is 5.39. The van der Waals surface area contributed by atoms with Crippen LogP contribution in [0.5, 0.6) is 0 Å². The molecule has 1 aromatic heterocycles. The van der Waals surface area contributed by atoms with Crippen molar-refractivity contribution in [3.8, 4) is 11.5 Å². The molecule has 34 heavy (non-hydrogen) atoms. The minimum absolute atomic E-state index is 0.0466. The van der Waals surface area contributed by atoms with E-state index < -0.39 is 0 Å². The topological polar surface area (TPSA) is 91.6 Å². The minimum atomic E-state index is -0.105. The molecule has 0 unspecified atom stereocenters. The average molecular weight is 464 g/mol. The molecule has 3 rings (SSSR count). The normalized spacial score (nSPS) is 11.0. The number of nitrogens with zero attached hydrogens (tertiary/aromatic N) is 4. The molecular weight excluding hydrogens is 430 g/mol. The minimum Gasteiger partial charge on any atom is -0.351 e. The maximum Gasteiger partial charge on any atom is 0.257 e. The summed E-state index contributed by atoms with van der Waals surface area (Å²) in [5.41, 5.74) is 3.09. The number of hydrogen-bond acceptors (Lipinski definition) is 6. The van der Waals surface area contributed by atoms with E-state index in [1.807, 2.05) is 31.2 Å². The molecule has 2 amide bonds. The second-order valence-corrected chi connectivity index (χ2v) is 8.22. The van der Waals surface area contributed by atoms with Gasteiger partial charge in [-0.05, 0) is 56.4 Å². The van der Waals surface area contributed by atoms with Gasteiger partial charge in [0.25, 0.3) is 17.7 Å². The predicted octanol–water partition coefficient (Wildman–Crippen LogP) is 3.43. The third-order valence-corrected chi connectivity index (χ3v) is 5.79. The molecule has 0 saturated heterocycles. The van der Waals surface area contributed by atoms with Crippen LogP contribution in [0.2, 0.25) is 0 Å². The van der Waals surface area contributed by atoms with Gasteiger partial charge in [0.05, 0.1) is 0 Å². The van der Waals surface area contributed by atoms with E-state index in [1.165, 1.54) is 0 Å². The zero-order chi connectivity index (χ0) is 24.5. The molecule has 1 N–H and O–H groups in total. The lowest BCUT2D eigenvalue weighted by atomic mass is 10.1. The van der Waals surface area contributed by atoms with E-state index in [1.54, 1.807) is 36.2 Å². The Labute approximate surface area is 201 Å². The van der Waals surface area contributed by atoms with Gasteiger partial charge in [-0.2, -0.15) is 4.98 Å². The highest BCUT2D eigenvalue weighted by Crippen LogP contribution is 2.18. The zero-order valence-corrected chi connectivity index (χ0v) is 20.4. The van der Waals surface area contributed by atoms with Crippen molar-refractivity contribution in [3.05, 3.63) is 71.0 Å². The fourth-order valence-corrected chi connectivity index (χ4v) is 3.49. The summed E-state index contributed by atoms with van der Waals surface area (Å²) in [6.45, 7) is 10.0. The zero-order valence-electron chi connectivity index (χ0n) is 20.4. The van der Waals surface area contributed by atoms with E-state index in [4.69, 9.17) is 4.52 Å². The first-order chi connectivity index (χ1) is 16.4. The van der Waals surface area contributed by atoms with Crippen LogP contribution in [0.1, 0.15) is 46.0 Å². The largest absolute Gasteiger partial charge is 0.351 e. The van der Waals surface area contributed by atoms with Crippen LogP contribution < -0.4 is 5.32 Å². The quantitative estimate of drug-likeness (QED) is 0.468. The summed E-state index contributed by atoms with van der Waals surface area (Å²) in [6.07, 6.45) is 0.477. The van der Waals surface area contributed by atoms with E-state index in [2.05, 4.69) is 34.2 Å². The molecule has 8 heteroatoms. The van der Waals surface area contributed by atoms with Gasteiger partial charge >= 0.3 is 0 Å². The van der Waals surface area contributed by atoms with Crippen LogP contribution in [0.4, 0.5) is 0 Å². The molecule has 1 heterocycles. The van der Waals surface area contributed by atoms with Gasteiger partial charge in [-0.15, -0.1) is 0 Å². The van der Waals surface area contributed by atoms with Crippen molar-refractivity contribution in [1.82, 2.24) is 25.3 Å². The average Bonchev–Trinajstić information content (AvgIpc) is 3.34. The lowest BCUT2D eigenvalue weighted by Gasteiger charge is -2.17.